The van der Waals surface area contributed by atoms with Gasteiger partial charge in [0.2, 0.25) is 0 Å². The number of rotatable bonds is 3. The van der Waals surface area contributed by atoms with E-state index in [1.807, 2.05) is 0 Å². The summed E-state index contributed by atoms with van der Waals surface area (Å²) < 4.78 is 2.39. The van der Waals surface area contributed by atoms with Crippen LogP contribution in [0.4, 0.5) is 0 Å². The van der Waals surface area contributed by atoms with E-state index in [2.05, 4.69) is 82.7 Å². The highest BCUT2D eigenvalue weighted by atomic mass is 32.1. The predicted molar refractivity (Wildman–Crippen MR) is 94.7 cm³/mol. The first-order chi connectivity index (χ1) is 10.8. The molecule has 0 aliphatic heterocycles. The number of fused-ring (bicyclic) bond motifs is 1. The van der Waals surface area contributed by atoms with Crippen molar-refractivity contribution in [2.75, 3.05) is 0 Å². The molecule has 4 rings (SSSR count). The van der Waals surface area contributed by atoms with Crippen LogP contribution in [-0.4, -0.2) is 4.40 Å². The lowest BCUT2D eigenvalue weighted by Crippen LogP contribution is -1.98. The molecule has 3 heterocycles. The van der Waals surface area contributed by atoms with E-state index < -0.39 is 0 Å². The highest BCUT2D eigenvalue weighted by Crippen LogP contribution is 2.30. The van der Waals surface area contributed by atoms with E-state index in [4.69, 9.17) is 0 Å². The Morgan fingerprint density at radius 2 is 1.82 bits per heavy atom. The summed E-state index contributed by atoms with van der Waals surface area (Å²) in [5.41, 5.74) is 7.93. The summed E-state index contributed by atoms with van der Waals surface area (Å²) in [6.07, 6.45) is 0.965. The Bertz CT molecular complexity index is 902. The number of hydrogen-bond donors (Lipinski definition) is 0. The van der Waals surface area contributed by atoms with E-state index in [-0.39, 0.29) is 0 Å². The van der Waals surface area contributed by atoms with Crippen LogP contribution in [0.2, 0.25) is 0 Å². The molecule has 2 heteroatoms. The zero-order valence-electron chi connectivity index (χ0n) is 12.5. The van der Waals surface area contributed by atoms with Crippen LogP contribution in [0.1, 0.15) is 17.0 Å². The monoisotopic (exact) mass is 303 g/mol. The number of aryl methyl sites for hydroxylation is 1. The molecule has 0 unspecified atom stereocenters. The highest BCUT2D eigenvalue weighted by Gasteiger charge is 2.13. The molecule has 0 aliphatic rings. The lowest BCUT2D eigenvalue weighted by atomic mass is 10.0. The first-order valence-corrected chi connectivity index (χ1v) is 8.43. The summed E-state index contributed by atoms with van der Waals surface area (Å²) in [7, 11) is 0. The SMILES string of the molecule is Cc1cccc2cc(-c3ccccc3)c(Cc3ccsc3)n12. The van der Waals surface area contributed by atoms with Crippen LogP contribution in [-0.2, 0) is 6.42 Å². The Kier molecular flexibility index (Phi) is 3.32. The Labute approximate surface area is 134 Å². The molecule has 0 fully saturated rings. The molecule has 22 heavy (non-hydrogen) atoms. The lowest BCUT2D eigenvalue weighted by Gasteiger charge is -2.09. The average Bonchev–Trinajstić information content (AvgIpc) is 3.17. The molecule has 4 aromatic rings. The molecule has 0 aliphatic carbocycles. The maximum atomic E-state index is 2.39. The van der Waals surface area contributed by atoms with Crippen LogP contribution in [0.25, 0.3) is 16.6 Å². The van der Waals surface area contributed by atoms with Crippen molar-refractivity contribution >= 4 is 16.9 Å². The molecule has 0 saturated heterocycles. The molecule has 1 aromatic carbocycles. The van der Waals surface area contributed by atoms with Crippen molar-refractivity contribution in [2.24, 2.45) is 0 Å². The van der Waals surface area contributed by atoms with Gasteiger partial charge in [-0.1, -0.05) is 36.4 Å². The Morgan fingerprint density at radius 1 is 0.955 bits per heavy atom. The molecule has 3 aromatic heterocycles. The standard InChI is InChI=1S/C20H17NS/c1-15-6-5-9-18-13-19(17-7-3-2-4-8-17)20(21(15)18)12-16-10-11-22-14-16/h2-11,13-14H,12H2,1H3. The largest absolute Gasteiger partial charge is 0.317 e. The maximum Gasteiger partial charge on any atom is 0.0462 e. The number of aromatic nitrogens is 1. The second-order valence-electron chi connectivity index (χ2n) is 5.61. The van der Waals surface area contributed by atoms with Gasteiger partial charge < -0.3 is 4.40 Å². The summed E-state index contributed by atoms with van der Waals surface area (Å²) in [5.74, 6) is 0. The summed E-state index contributed by atoms with van der Waals surface area (Å²) in [5, 5.41) is 4.40. The van der Waals surface area contributed by atoms with Gasteiger partial charge in [0.25, 0.3) is 0 Å². The molecule has 0 radical (unpaired) electrons. The second kappa shape index (κ2) is 5.47. The summed E-state index contributed by atoms with van der Waals surface area (Å²) in [6.45, 7) is 2.18. The van der Waals surface area contributed by atoms with Crippen LogP contribution in [0.5, 0.6) is 0 Å². The van der Waals surface area contributed by atoms with Gasteiger partial charge in [0, 0.05) is 28.9 Å². The fourth-order valence-corrected chi connectivity index (χ4v) is 3.77. The number of thiophene rings is 1. The molecule has 0 N–H and O–H groups in total. The van der Waals surface area contributed by atoms with Crippen LogP contribution >= 0.6 is 11.3 Å². The smallest absolute Gasteiger partial charge is 0.0462 e. The first kappa shape index (κ1) is 13.4. The Morgan fingerprint density at radius 3 is 2.59 bits per heavy atom. The third-order valence-corrected chi connectivity index (χ3v) is 4.86. The second-order valence-corrected chi connectivity index (χ2v) is 6.39. The van der Waals surface area contributed by atoms with Crippen molar-refractivity contribution in [3.8, 4) is 11.1 Å². The molecular weight excluding hydrogens is 286 g/mol. The maximum absolute atomic E-state index is 2.39. The van der Waals surface area contributed by atoms with Crippen molar-refractivity contribution in [3.05, 3.63) is 88.4 Å². The van der Waals surface area contributed by atoms with Crippen molar-refractivity contribution in [2.45, 2.75) is 13.3 Å². The van der Waals surface area contributed by atoms with Crippen LogP contribution in [0.15, 0.2) is 71.4 Å². The average molecular weight is 303 g/mol. The molecule has 0 atom stereocenters. The van der Waals surface area contributed by atoms with E-state index in [0.717, 1.165) is 6.42 Å². The molecule has 0 bridgehead atoms. The van der Waals surface area contributed by atoms with Gasteiger partial charge in [0.05, 0.1) is 0 Å². The summed E-state index contributed by atoms with van der Waals surface area (Å²) in [4.78, 5) is 0. The highest BCUT2D eigenvalue weighted by molar-refractivity contribution is 7.07. The van der Waals surface area contributed by atoms with E-state index in [1.54, 1.807) is 11.3 Å². The topological polar surface area (TPSA) is 4.41 Å². The van der Waals surface area contributed by atoms with Gasteiger partial charge >= 0.3 is 0 Å². The van der Waals surface area contributed by atoms with Gasteiger partial charge in [-0.3, -0.25) is 0 Å². The fourth-order valence-electron chi connectivity index (χ4n) is 3.10. The minimum absolute atomic E-state index is 0.965. The van der Waals surface area contributed by atoms with Crippen molar-refractivity contribution in [1.29, 1.82) is 0 Å². The minimum atomic E-state index is 0.965. The number of hydrogen-bond acceptors (Lipinski definition) is 1. The predicted octanol–water partition coefficient (Wildman–Crippen LogP) is 5.57. The fraction of sp³-hybridized carbons (Fsp3) is 0.100. The normalized spacial score (nSPS) is 11.1. The van der Waals surface area contributed by atoms with Gasteiger partial charge in [-0.15, -0.1) is 0 Å². The number of nitrogens with zero attached hydrogens (tertiary/aromatic N) is 1. The zero-order valence-corrected chi connectivity index (χ0v) is 13.3. The van der Waals surface area contributed by atoms with E-state index in [1.165, 1.54) is 33.6 Å². The molecule has 1 nitrogen and oxygen atoms in total. The van der Waals surface area contributed by atoms with Gasteiger partial charge in [0.1, 0.15) is 0 Å². The van der Waals surface area contributed by atoms with E-state index in [9.17, 15) is 0 Å². The van der Waals surface area contributed by atoms with Crippen molar-refractivity contribution in [3.63, 3.8) is 0 Å². The molecular formula is C20H17NS. The molecule has 0 amide bonds. The van der Waals surface area contributed by atoms with Crippen molar-refractivity contribution in [1.82, 2.24) is 4.40 Å². The first-order valence-electron chi connectivity index (χ1n) is 7.49. The van der Waals surface area contributed by atoms with Crippen LogP contribution in [0.3, 0.4) is 0 Å². The Balaban J connectivity index is 1.97. The molecule has 0 spiro atoms. The number of benzene rings is 1. The van der Waals surface area contributed by atoms with Gasteiger partial charge in [-0.05, 0) is 53.1 Å². The molecule has 0 saturated carbocycles. The van der Waals surface area contributed by atoms with Gasteiger partial charge in [-0.2, -0.15) is 11.3 Å². The Hall–Kier alpha value is -2.32. The zero-order chi connectivity index (χ0) is 14.9. The van der Waals surface area contributed by atoms with Gasteiger partial charge in [0.15, 0.2) is 0 Å². The van der Waals surface area contributed by atoms with E-state index >= 15 is 0 Å². The van der Waals surface area contributed by atoms with Crippen molar-refractivity contribution < 1.29 is 0 Å². The summed E-state index contributed by atoms with van der Waals surface area (Å²) >= 11 is 1.76. The molecule has 108 valence electrons. The van der Waals surface area contributed by atoms with E-state index in [0.29, 0.717) is 0 Å². The third-order valence-electron chi connectivity index (χ3n) is 4.12. The van der Waals surface area contributed by atoms with Gasteiger partial charge in [-0.25, -0.2) is 0 Å². The van der Waals surface area contributed by atoms with Crippen LogP contribution in [0, 0.1) is 6.92 Å². The lowest BCUT2D eigenvalue weighted by molar-refractivity contribution is 0.988. The summed E-state index contributed by atoms with van der Waals surface area (Å²) in [6, 6.07) is 21.7. The number of pyridine rings is 1. The minimum Gasteiger partial charge on any atom is -0.317 e. The third kappa shape index (κ3) is 2.26. The quantitative estimate of drug-likeness (QED) is 0.466. The van der Waals surface area contributed by atoms with Crippen LogP contribution < -0.4 is 0 Å².